The van der Waals surface area contributed by atoms with Crippen molar-refractivity contribution in [2.24, 2.45) is 0 Å². The number of benzene rings is 1. The third kappa shape index (κ3) is 4.93. The summed E-state index contributed by atoms with van der Waals surface area (Å²) in [4.78, 5) is 7.45. The van der Waals surface area contributed by atoms with Crippen LogP contribution in [-0.2, 0) is 5.54 Å². The van der Waals surface area contributed by atoms with E-state index in [-0.39, 0.29) is 11.6 Å². The van der Waals surface area contributed by atoms with E-state index in [9.17, 15) is 0 Å². The van der Waals surface area contributed by atoms with Gasteiger partial charge in [0.1, 0.15) is 0 Å². The quantitative estimate of drug-likeness (QED) is 0.730. The minimum atomic E-state index is -0.162. The lowest BCUT2D eigenvalue weighted by molar-refractivity contribution is 0.0609. The first-order chi connectivity index (χ1) is 14.8. The molecule has 31 heavy (non-hydrogen) atoms. The van der Waals surface area contributed by atoms with Gasteiger partial charge in [-0.1, -0.05) is 31.4 Å². The van der Waals surface area contributed by atoms with Gasteiger partial charge < -0.3 is 4.90 Å². The van der Waals surface area contributed by atoms with Gasteiger partial charge in [0.15, 0.2) is 5.82 Å². The first kappa shape index (κ1) is 22.2. The third-order valence-corrected chi connectivity index (χ3v) is 6.90. The number of tetrazole rings is 1. The molecule has 1 saturated heterocycles. The third-order valence-electron chi connectivity index (χ3n) is 6.90. The molecule has 0 spiro atoms. The molecule has 1 aromatic carbocycles. The Labute approximate surface area is 187 Å². The van der Waals surface area contributed by atoms with E-state index in [2.05, 4.69) is 89.4 Å². The SMILES string of the molecule is CN(C)c1ccc(C(c2nnnn2C(C)(C)C)N2CCN(C3CCCCC3)CC2)cc1. The smallest absolute Gasteiger partial charge is 0.173 e. The van der Waals surface area contributed by atoms with E-state index in [1.165, 1.54) is 43.4 Å². The van der Waals surface area contributed by atoms with Crippen LogP contribution in [0.4, 0.5) is 5.69 Å². The van der Waals surface area contributed by atoms with Gasteiger partial charge >= 0.3 is 0 Å². The fourth-order valence-corrected chi connectivity index (χ4v) is 5.13. The van der Waals surface area contributed by atoms with Crippen LogP contribution in [0.1, 0.15) is 70.3 Å². The lowest BCUT2D eigenvalue weighted by atomic mass is 9.93. The number of nitrogens with zero attached hydrogens (tertiary/aromatic N) is 7. The zero-order valence-electron chi connectivity index (χ0n) is 20.0. The van der Waals surface area contributed by atoms with Crippen molar-refractivity contribution in [1.82, 2.24) is 30.0 Å². The molecule has 170 valence electrons. The molecular weight excluding hydrogens is 386 g/mol. The molecule has 4 rings (SSSR count). The zero-order chi connectivity index (χ0) is 22.0. The van der Waals surface area contributed by atoms with E-state index in [1.54, 1.807) is 0 Å². The minimum Gasteiger partial charge on any atom is -0.378 e. The van der Waals surface area contributed by atoms with Crippen molar-refractivity contribution < 1.29 is 0 Å². The molecule has 7 heteroatoms. The Kier molecular flexibility index (Phi) is 6.63. The number of aromatic nitrogens is 4. The monoisotopic (exact) mass is 425 g/mol. The molecular formula is C24H39N7. The minimum absolute atomic E-state index is 0.0685. The van der Waals surface area contributed by atoms with Crippen LogP contribution in [0.2, 0.25) is 0 Å². The number of hydrogen-bond donors (Lipinski definition) is 0. The van der Waals surface area contributed by atoms with Crippen LogP contribution < -0.4 is 4.90 Å². The maximum Gasteiger partial charge on any atom is 0.173 e. The lowest BCUT2D eigenvalue weighted by Gasteiger charge is -2.43. The molecule has 2 aliphatic rings. The summed E-state index contributed by atoms with van der Waals surface area (Å²) >= 11 is 0. The largest absolute Gasteiger partial charge is 0.378 e. The molecule has 2 aromatic rings. The van der Waals surface area contributed by atoms with Gasteiger partial charge in [-0.15, -0.1) is 5.10 Å². The predicted octanol–water partition coefficient (Wildman–Crippen LogP) is 3.53. The summed E-state index contributed by atoms with van der Waals surface area (Å²) in [5, 5.41) is 13.0. The molecule has 1 aliphatic carbocycles. The Morgan fingerprint density at radius 2 is 1.58 bits per heavy atom. The van der Waals surface area contributed by atoms with Crippen molar-refractivity contribution in [3.8, 4) is 0 Å². The Morgan fingerprint density at radius 1 is 0.935 bits per heavy atom. The molecule has 1 unspecified atom stereocenters. The first-order valence-electron chi connectivity index (χ1n) is 11.9. The van der Waals surface area contributed by atoms with Crippen LogP contribution in [0.25, 0.3) is 0 Å². The fraction of sp³-hybridized carbons (Fsp3) is 0.708. The zero-order valence-corrected chi connectivity index (χ0v) is 20.0. The molecule has 2 heterocycles. The van der Waals surface area contributed by atoms with E-state index in [1.807, 2.05) is 4.68 Å². The molecule has 1 atom stereocenters. The molecule has 7 nitrogen and oxygen atoms in total. The van der Waals surface area contributed by atoms with Gasteiger partial charge in [0.25, 0.3) is 0 Å². The van der Waals surface area contributed by atoms with E-state index >= 15 is 0 Å². The summed E-state index contributed by atoms with van der Waals surface area (Å²) in [6, 6.07) is 9.75. The maximum atomic E-state index is 4.54. The van der Waals surface area contributed by atoms with Crippen molar-refractivity contribution in [2.75, 3.05) is 45.2 Å². The van der Waals surface area contributed by atoms with Crippen molar-refractivity contribution in [3.63, 3.8) is 0 Å². The van der Waals surface area contributed by atoms with Crippen LogP contribution in [0.15, 0.2) is 24.3 Å². The summed E-state index contributed by atoms with van der Waals surface area (Å²) in [6.07, 6.45) is 6.95. The molecule has 0 amide bonds. The van der Waals surface area contributed by atoms with Gasteiger partial charge in [-0.05, 0) is 61.7 Å². The summed E-state index contributed by atoms with van der Waals surface area (Å²) in [7, 11) is 4.16. The average molecular weight is 426 g/mol. The van der Waals surface area contributed by atoms with Gasteiger partial charge in [0.05, 0.1) is 11.6 Å². The second-order valence-electron chi connectivity index (χ2n) is 10.4. The average Bonchev–Trinajstić information content (AvgIpc) is 3.25. The van der Waals surface area contributed by atoms with Gasteiger partial charge in [-0.2, -0.15) is 0 Å². The van der Waals surface area contributed by atoms with Gasteiger partial charge in [-0.3, -0.25) is 9.80 Å². The lowest BCUT2D eigenvalue weighted by Crippen LogP contribution is -2.52. The second kappa shape index (κ2) is 9.25. The van der Waals surface area contributed by atoms with Crippen LogP contribution in [0.3, 0.4) is 0 Å². The summed E-state index contributed by atoms with van der Waals surface area (Å²) < 4.78 is 2.00. The van der Waals surface area contributed by atoms with Gasteiger partial charge in [-0.25, -0.2) is 4.68 Å². The maximum absolute atomic E-state index is 4.54. The molecule has 1 aliphatic heterocycles. The highest BCUT2D eigenvalue weighted by Crippen LogP contribution is 2.32. The van der Waals surface area contributed by atoms with Crippen molar-refractivity contribution in [3.05, 3.63) is 35.7 Å². The number of anilines is 1. The Balaban J connectivity index is 1.60. The highest BCUT2D eigenvalue weighted by atomic mass is 15.6. The van der Waals surface area contributed by atoms with Crippen LogP contribution in [0.5, 0.6) is 0 Å². The van der Waals surface area contributed by atoms with E-state index in [0.717, 1.165) is 38.0 Å². The van der Waals surface area contributed by atoms with Crippen molar-refractivity contribution in [1.29, 1.82) is 0 Å². The van der Waals surface area contributed by atoms with E-state index in [0.29, 0.717) is 0 Å². The van der Waals surface area contributed by atoms with E-state index < -0.39 is 0 Å². The second-order valence-corrected chi connectivity index (χ2v) is 10.4. The Hall–Kier alpha value is -1.99. The molecule has 1 aromatic heterocycles. The predicted molar refractivity (Wildman–Crippen MR) is 125 cm³/mol. The fourth-order valence-electron chi connectivity index (χ4n) is 5.13. The number of piperazine rings is 1. The molecule has 0 bridgehead atoms. The standard InChI is InChI=1S/C24H39N7/c1-24(2,3)31-23(25-26-27-31)22(19-11-13-20(14-12-19)28(4)5)30-17-15-29(16-18-30)21-9-7-6-8-10-21/h11-14,21-22H,6-10,15-18H2,1-5H3. The van der Waals surface area contributed by atoms with Crippen LogP contribution >= 0.6 is 0 Å². The summed E-state index contributed by atoms with van der Waals surface area (Å²) in [6.45, 7) is 10.9. The highest BCUT2D eigenvalue weighted by molar-refractivity contribution is 5.47. The molecule has 1 saturated carbocycles. The Morgan fingerprint density at radius 3 is 2.16 bits per heavy atom. The molecule has 0 radical (unpaired) electrons. The topological polar surface area (TPSA) is 53.3 Å². The summed E-state index contributed by atoms with van der Waals surface area (Å²) in [5.41, 5.74) is 2.31. The number of hydrogen-bond acceptors (Lipinski definition) is 6. The Bertz CT molecular complexity index is 822. The number of rotatable bonds is 5. The van der Waals surface area contributed by atoms with Gasteiger partial charge in [0.2, 0.25) is 0 Å². The van der Waals surface area contributed by atoms with E-state index in [4.69, 9.17) is 0 Å². The first-order valence-corrected chi connectivity index (χ1v) is 11.9. The van der Waals surface area contributed by atoms with Crippen molar-refractivity contribution in [2.45, 2.75) is 70.5 Å². The van der Waals surface area contributed by atoms with Crippen LogP contribution in [-0.4, -0.2) is 76.3 Å². The molecule has 2 fully saturated rings. The highest BCUT2D eigenvalue weighted by Gasteiger charge is 2.34. The summed E-state index contributed by atoms with van der Waals surface area (Å²) in [5.74, 6) is 0.941. The van der Waals surface area contributed by atoms with Gasteiger partial charge in [0, 0.05) is 52.0 Å². The molecule has 0 N–H and O–H groups in total. The normalized spacial score (nSPS) is 20.7. The van der Waals surface area contributed by atoms with Crippen molar-refractivity contribution >= 4 is 5.69 Å². The van der Waals surface area contributed by atoms with Crippen LogP contribution in [0, 0.1) is 0 Å².